The molecule has 0 radical (unpaired) electrons. The van der Waals surface area contributed by atoms with Gasteiger partial charge in [0.25, 0.3) is 5.91 Å². The Morgan fingerprint density at radius 1 is 0.839 bits per heavy atom. The van der Waals surface area contributed by atoms with Crippen LogP contribution in [0.15, 0.2) is 91.3 Å². The molecule has 0 saturated heterocycles. The number of ether oxygens (including phenoxy) is 1. The molecule has 0 spiro atoms. The first kappa shape index (κ1) is 20.1. The van der Waals surface area contributed by atoms with Gasteiger partial charge in [-0.05, 0) is 35.7 Å². The molecule has 4 rings (SSSR count). The molecule has 0 aliphatic heterocycles. The van der Waals surface area contributed by atoms with Crippen molar-refractivity contribution >= 4 is 22.6 Å². The van der Waals surface area contributed by atoms with Crippen molar-refractivity contribution in [1.29, 1.82) is 0 Å². The van der Waals surface area contributed by atoms with E-state index in [2.05, 4.69) is 16.0 Å². The molecule has 2 N–H and O–H groups in total. The van der Waals surface area contributed by atoms with Gasteiger partial charge in [-0.1, -0.05) is 54.1 Å². The second-order valence-electron chi connectivity index (χ2n) is 6.65. The fourth-order valence-corrected chi connectivity index (χ4v) is 3.01. The van der Waals surface area contributed by atoms with Gasteiger partial charge < -0.3 is 9.57 Å². The van der Waals surface area contributed by atoms with Crippen molar-refractivity contribution in [3.63, 3.8) is 0 Å². The van der Waals surface area contributed by atoms with Crippen LogP contribution in [0.4, 0.5) is 0 Å². The lowest BCUT2D eigenvalue weighted by Crippen LogP contribution is -2.38. The molecule has 3 aromatic carbocycles. The predicted molar refractivity (Wildman–Crippen MR) is 115 cm³/mol. The van der Waals surface area contributed by atoms with Crippen LogP contribution >= 0.6 is 0 Å². The van der Waals surface area contributed by atoms with Crippen molar-refractivity contribution in [3.8, 4) is 5.75 Å². The Kier molecular flexibility index (Phi) is 6.16. The molecule has 1 amide bonds. The van der Waals surface area contributed by atoms with E-state index < -0.39 is 11.9 Å². The van der Waals surface area contributed by atoms with Crippen molar-refractivity contribution in [2.75, 3.05) is 0 Å². The minimum Gasteiger partial charge on any atom is -0.489 e. The monoisotopic (exact) mass is 413 g/mol. The van der Waals surface area contributed by atoms with Crippen molar-refractivity contribution in [2.24, 2.45) is 0 Å². The number of fused-ring (bicyclic) bond motifs is 1. The van der Waals surface area contributed by atoms with E-state index in [9.17, 15) is 9.59 Å². The van der Waals surface area contributed by atoms with E-state index in [4.69, 9.17) is 9.57 Å². The summed E-state index contributed by atoms with van der Waals surface area (Å²) in [6.07, 6.45) is 3.57. The molecular formula is C24H19N3O4. The molecule has 7 nitrogen and oxygen atoms in total. The number of benzene rings is 3. The van der Waals surface area contributed by atoms with Crippen LogP contribution in [0.25, 0.3) is 10.8 Å². The number of hydrazine groups is 1. The maximum Gasteiger partial charge on any atom is 0.358 e. The lowest BCUT2D eigenvalue weighted by atomic mass is 10.1. The van der Waals surface area contributed by atoms with Crippen LogP contribution in [0.5, 0.6) is 5.75 Å². The van der Waals surface area contributed by atoms with Gasteiger partial charge >= 0.3 is 5.97 Å². The second kappa shape index (κ2) is 9.51. The first-order valence-corrected chi connectivity index (χ1v) is 9.57. The van der Waals surface area contributed by atoms with Gasteiger partial charge in [-0.3, -0.25) is 15.2 Å². The summed E-state index contributed by atoms with van der Waals surface area (Å²) in [5, 5.41) is 2.09. The normalized spacial score (nSPS) is 10.5. The molecule has 4 aromatic rings. The highest BCUT2D eigenvalue weighted by Crippen LogP contribution is 2.20. The molecule has 0 unspecified atom stereocenters. The Hall–Kier alpha value is -4.23. The fourth-order valence-electron chi connectivity index (χ4n) is 3.01. The van der Waals surface area contributed by atoms with Crippen molar-refractivity contribution < 1.29 is 19.2 Å². The van der Waals surface area contributed by atoms with Gasteiger partial charge in [0.15, 0.2) is 0 Å². The molecule has 0 aliphatic rings. The summed E-state index contributed by atoms with van der Waals surface area (Å²) < 4.78 is 5.85. The van der Waals surface area contributed by atoms with Gasteiger partial charge in [0.05, 0.1) is 5.56 Å². The summed E-state index contributed by atoms with van der Waals surface area (Å²) in [4.78, 5) is 33.4. The molecule has 0 aliphatic carbocycles. The number of nitrogens with zero attached hydrogens (tertiary/aromatic N) is 1. The maximum atomic E-state index is 12.3. The minimum absolute atomic E-state index is 0.273. The smallest absolute Gasteiger partial charge is 0.358 e. The summed E-state index contributed by atoms with van der Waals surface area (Å²) in [6, 6.07) is 23.1. The quantitative estimate of drug-likeness (QED) is 0.448. The van der Waals surface area contributed by atoms with Gasteiger partial charge in [-0.15, -0.1) is 0 Å². The number of rotatable bonds is 7. The third-order valence-corrected chi connectivity index (χ3v) is 4.56. The molecule has 0 bridgehead atoms. The van der Waals surface area contributed by atoms with Gasteiger partial charge in [0, 0.05) is 28.9 Å². The minimum atomic E-state index is -0.661. The molecular weight excluding hydrogens is 394 g/mol. The summed E-state index contributed by atoms with van der Waals surface area (Å²) in [7, 11) is 0. The Labute approximate surface area is 178 Å². The number of hydrogen-bond donors (Lipinski definition) is 2. The van der Waals surface area contributed by atoms with Crippen LogP contribution in [0, 0.1) is 0 Å². The number of carbonyl (C=O) groups excluding carboxylic acids is 2. The van der Waals surface area contributed by atoms with E-state index in [1.807, 2.05) is 24.3 Å². The number of pyridine rings is 1. The first-order chi connectivity index (χ1) is 15.2. The standard InChI is InChI=1S/C24H19N3O4/c28-23(17-7-2-1-3-8-17)26-27-31-24(29)18-10-6-11-21(13-18)30-16-20-15-25-14-19-9-4-5-12-22(19)20/h1-15,27H,16H2,(H,26,28). The van der Waals surface area contributed by atoms with E-state index >= 15 is 0 Å². The lowest BCUT2D eigenvalue weighted by molar-refractivity contribution is 0.0137. The van der Waals surface area contributed by atoms with Crippen LogP contribution < -0.4 is 15.8 Å². The van der Waals surface area contributed by atoms with Crippen LogP contribution in [-0.2, 0) is 11.4 Å². The SMILES string of the molecule is O=C(NNOC(=O)c1cccc(OCc2cncc3ccccc23)c1)c1ccccc1. The second-order valence-corrected chi connectivity index (χ2v) is 6.65. The van der Waals surface area contributed by atoms with Crippen molar-refractivity contribution in [3.05, 3.63) is 108 Å². The predicted octanol–water partition coefficient (Wildman–Crippen LogP) is 3.82. The van der Waals surface area contributed by atoms with E-state index in [1.165, 1.54) is 0 Å². The van der Waals surface area contributed by atoms with Crippen LogP contribution in [0.3, 0.4) is 0 Å². The van der Waals surface area contributed by atoms with E-state index in [-0.39, 0.29) is 5.56 Å². The van der Waals surface area contributed by atoms with Crippen molar-refractivity contribution in [2.45, 2.75) is 6.61 Å². The van der Waals surface area contributed by atoms with Gasteiger partial charge in [0.1, 0.15) is 12.4 Å². The summed E-state index contributed by atoms with van der Waals surface area (Å²) in [6.45, 7) is 0.304. The van der Waals surface area contributed by atoms with Gasteiger partial charge in [-0.25, -0.2) is 4.79 Å². The Balaban J connectivity index is 1.34. The zero-order chi connectivity index (χ0) is 21.5. The average Bonchev–Trinajstić information content (AvgIpc) is 2.83. The van der Waals surface area contributed by atoms with E-state index in [1.54, 1.807) is 67.0 Å². The number of nitrogens with one attached hydrogen (secondary N) is 2. The molecule has 31 heavy (non-hydrogen) atoms. The Morgan fingerprint density at radius 3 is 2.48 bits per heavy atom. The third kappa shape index (κ3) is 5.04. The summed E-state index contributed by atoms with van der Waals surface area (Å²) in [5.41, 5.74) is 6.14. The average molecular weight is 413 g/mol. The maximum absolute atomic E-state index is 12.3. The zero-order valence-corrected chi connectivity index (χ0v) is 16.4. The van der Waals surface area contributed by atoms with Crippen LogP contribution in [0.2, 0.25) is 0 Å². The van der Waals surface area contributed by atoms with Crippen LogP contribution in [0.1, 0.15) is 26.3 Å². The molecule has 1 heterocycles. The largest absolute Gasteiger partial charge is 0.489 e. The zero-order valence-electron chi connectivity index (χ0n) is 16.4. The molecule has 0 fully saturated rings. The van der Waals surface area contributed by atoms with Crippen LogP contribution in [-0.4, -0.2) is 16.9 Å². The summed E-state index contributed by atoms with van der Waals surface area (Å²) in [5.74, 6) is -0.574. The number of carbonyl (C=O) groups is 2. The molecule has 7 heteroatoms. The van der Waals surface area contributed by atoms with E-state index in [0.29, 0.717) is 17.9 Å². The van der Waals surface area contributed by atoms with Crippen molar-refractivity contribution in [1.82, 2.24) is 16.0 Å². The van der Waals surface area contributed by atoms with E-state index in [0.717, 1.165) is 16.3 Å². The summed E-state index contributed by atoms with van der Waals surface area (Å²) >= 11 is 0. The first-order valence-electron chi connectivity index (χ1n) is 9.57. The molecule has 0 atom stereocenters. The number of hydrogen-bond acceptors (Lipinski definition) is 6. The highest BCUT2D eigenvalue weighted by atomic mass is 16.7. The Bertz CT molecular complexity index is 1210. The Morgan fingerprint density at radius 2 is 1.61 bits per heavy atom. The fraction of sp³-hybridized carbons (Fsp3) is 0.0417. The number of amides is 1. The lowest BCUT2D eigenvalue weighted by Gasteiger charge is -2.10. The third-order valence-electron chi connectivity index (χ3n) is 4.56. The topological polar surface area (TPSA) is 89.6 Å². The molecule has 154 valence electrons. The van der Waals surface area contributed by atoms with Gasteiger partial charge in [0.2, 0.25) is 0 Å². The molecule has 1 aromatic heterocycles. The van der Waals surface area contributed by atoms with Gasteiger partial charge in [-0.2, -0.15) is 0 Å². The highest BCUT2D eigenvalue weighted by Gasteiger charge is 2.11. The molecule has 0 saturated carbocycles. The number of aromatic nitrogens is 1. The highest BCUT2D eigenvalue weighted by molar-refractivity contribution is 5.94.